The van der Waals surface area contributed by atoms with Crippen LogP contribution in [0.1, 0.15) is 15.9 Å². The van der Waals surface area contributed by atoms with Crippen molar-refractivity contribution in [3.8, 4) is 11.5 Å². The lowest BCUT2D eigenvalue weighted by molar-refractivity contribution is 0.102. The summed E-state index contributed by atoms with van der Waals surface area (Å²) in [5.74, 6) is 1.22. The van der Waals surface area contributed by atoms with Gasteiger partial charge in [0.25, 0.3) is 5.91 Å². The molecule has 0 bridgehead atoms. The number of fused-ring (bicyclic) bond motifs is 2. The van der Waals surface area contributed by atoms with Crippen LogP contribution in [0.15, 0.2) is 29.0 Å². The summed E-state index contributed by atoms with van der Waals surface area (Å²) >= 11 is 1.46. The van der Waals surface area contributed by atoms with Gasteiger partial charge in [-0.1, -0.05) is 12.1 Å². The number of ether oxygens (including phenoxy) is 1. The van der Waals surface area contributed by atoms with Gasteiger partial charge in [-0.05, 0) is 18.6 Å². The largest absolute Gasteiger partial charge is 0.453 e. The second-order valence-corrected chi connectivity index (χ2v) is 4.40. The molecule has 0 spiro atoms. The van der Waals surface area contributed by atoms with Gasteiger partial charge in [0.05, 0.1) is 11.3 Å². The molecule has 2 aromatic rings. The lowest BCUT2D eigenvalue weighted by Crippen LogP contribution is -2.10. The summed E-state index contributed by atoms with van der Waals surface area (Å²) < 4.78 is 5.72. The highest BCUT2D eigenvalue weighted by atomic mass is 32.1. The van der Waals surface area contributed by atoms with Crippen molar-refractivity contribution in [3.63, 3.8) is 0 Å². The van der Waals surface area contributed by atoms with Crippen molar-refractivity contribution < 1.29 is 9.53 Å². The summed E-state index contributed by atoms with van der Waals surface area (Å²) in [4.78, 5) is 11.9. The fraction of sp³-hybridized carbons (Fsp3) is 0.0833. The Hall–Kier alpha value is -1.81. The number of anilines is 1. The van der Waals surface area contributed by atoms with Crippen molar-refractivity contribution in [2.24, 2.45) is 0 Å². The molecule has 80 valence electrons. The van der Waals surface area contributed by atoms with Gasteiger partial charge in [-0.2, -0.15) is 0 Å². The molecule has 1 amide bonds. The van der Waals surface area contributed by atoms with E-state index < -0.39 is 0 Å². The van der Waals surface area contributed by atoms with E-state index in [1.54, 1.807) is 5.38 Å². The molecule has 4 heteroatoms. The van der Waals surface area contributed by atoms with E-state index in [2.05, 4.69) is 5.32 Å². The summed E-state index contributed by atoms with van der Waals surface area (Å²) in [6, 6.07) is 5.72. The van der Waals surface area contributed by atoms with Crippen molar-refractivity contribution in [2.45, 2.75) is 6.92 Å². The summed E-state index contributed by atoms with van der Waals surface area (Å²) in [7, 11) is 0. The molecule has 1 aliphatic rings. The van der Waals surface area contributed by atoms with Crippen LogP contribution >= 0.6 is 11.3 Å². The van der Waals surface area contributed by atoms with Gasteiger partial charge in [0.2, 0.25) is 0 Å². The standard InChI is InChI=1S/C12H9NO2S/c1-7-3-2-4-9-11(7)13-12(14)8-5-16-6-10(8)15-9/h2-6H,1H3,(H,13,14). The lowest BCUT2D eigenvalue weighted by Gasteiger charge is -2.09. The molecule has 1 N–H and O–H groups in total. The molecule has 16 heavy (non-hydrogen) atoms. The van der Waals surface area contributed by atoms with Crippen LogP contribution in [0.2, 0.25) is 0 Å². The molecule has 1 aromatic carbocycles. The number of para-hydroxylation sites is 1. The topological polar surface area (TPSA) is 38.3 Å². The zero-order chi connectivity index (χ0) is 11.1. The average molecular weight is 231 g/mol. The SMILES string of the molecule is Cc1cccc2c1NC(=O)c1cscc1O2. The Morgan fingerprint density at radius 3 is 3.00 bits per heavy atom. The highest BCUT2D eigenvalue weighted by Crippen LogP contribution is 2.38. The first-order valence-electron chi connectivity index (χ1n) is 4.91. The average Bonchev–Trinajstić information content (AvgIpc) is 2.66. The normalized spacial score (nSPS) is 13.2. The number of benzene rings is 1. The third-order valence-electron chi connectivity index (χ3n) is 2.56. The second kappa shape index (κ2) is 3.35. The number of hydrogen-bond donors (Lipinski definition) is 1. The number of thiophene rings is 1. The fourth-order valence-corrected chi connectivity index (χ4v) is 2.44. The highest BCUT2D eigenvalue weighted by molar-refractivity contribution is 7.08. The van der Waals surface area contributed by atoms with Crippen molar-refractivity contribution in [3.05, 3.63) is 40.1 Å². The quantitative estimate of drug-likeness (QED) is 0.754. The molecule has 0 atom stereocenters. The second-order valence-electron chi connectivity index (χ2n) is 3.65. The predicted molar refractivity (Wildman–Crippen MR) is 63.5 cm³/mol. The third kappa shape index (κ3) is 1.31. The Kier molecular flexibility index (Phi) is 1.97. The van der Waals surface area contributed by atoms with Crippen molar-refractivity contribution in [2.75, 3.05) is 5.32 Å². The first kappa shape index (κ1) is 9.42. The number of amides is 1. The Labute approximate surface area is 96.7 Å². The van der Waals surface area contributed by atoms with E-state index in [1.165, 1.54) is 11.3 Å². The molecule has 3 nitrogen and oxygen atoms in total. The van der Waals surface area contributed by atoms with Crippen molar-refractivity contribution >= 4 is 22.9 Å². The number of nitrogens with one attached hydrogen (secondary N) is 1. The summed E-state index contributed by atoms with van der Waals surface area (Å²) in [5, 5.41) is 6.51. The van der Waals surface area contributed by atoms with E-state index in [-0.39, 0.29) is 5.91 Å². The molecule has 0 saturated heterocycles. The predicted octanol–water partition coefficient (Wildman–Crippen LogP) is 3.41. The number of hydrogen-bond acceptors (Lipinski definition) is 3. The van der Waals surface area contributed by atoms with Crippen LogP contribution in [0.4, 0.5) is 5.69 Å². The lowest BCUT2D eigenvalue weighted by atomic mass is 10.2. The zero-order valence-electron chi connectivity index (χ0n) is 8.61. The fourth-order valence-electron chi connectivity index (χ4n) is 1.72. The van der Waals surface area contributed by atoms with E-state index in [1.807, 2.05) is 30.5 Å². The van der Waals surface area contributed by atoms with E-state index in [0.29, 0.717) is 17.1 Å². The van der Waals surface area contributed by atoms with Crippen molar-refractivity contribution in [1.82, 2.24) is 0 Å². The molecular weight excluding hydrogens is 222 g/mol. The van der Waals surface area contributed by atoms with Crippen LogP contribution in [0.5, 0.6) is 11.5 Å². The molecule has 0 aliphatic carbocycles. The van der Waals surface area contributed by atoms with Crippen LogP contribution in [-0.2, 0) is 0 Å². The van der Waals surface area contributed by atoms with Gasteiger partial charge in [-0.3, -0.25) is 4.79 Å². The van der Waals surface area contributed by atoms with E-state index >= 15 is 0 Å². The highest BCUT2D eigenvalue weighted by Gasteiger charge is 2.22. The smallest absolute Gasteiger partial charge is 0.260 e. The van der Waals surface area contributed by atoms with Gasteiger partial charge in [-0.15, -0.1) is 11.3 Å². The number of carbonyl (C=O) groups is 1. The van der Waals surface area contributed by atoms with Gasteiger partial charge in [0.15, 0.2) is 11.5 Å². The van der Waals surface area contributed by atoms with Gasteiger partial charge in [-0.25, -0.2) is 0 Å². The summed E-state index contributed by atoms with van der Waals surface area (Å²) in [6.07, 6.45) is 0. The number of carbonyl (C=O) groups excluding carboxylic acids is 1. The maximum absolute atomic E-state index is 11.9. The van der Waals surface area contributed by atoms with Gasteiger partial charge < -0.3 is 10.1 Å². The molecule has 0 fully saturated rings. The molecule has 0 saturated carbocycles. The minimum Gasteiger partial charge on any atom is -0.453 e. The van der Waals surface area contributed by atoms with E-state index in [4.69, 9.17) is 4.74 Å². The summed E-state index contributed by atoms with van der Waals surface area (Å²) in [5.41, 5.74) is 2.36. The minimum atomic E-state index is -0.107. The molecule has 2 heterocycles. The first-order valence-corrected chi connectivity index (χ1v) is 5.85. The molecule has 0 radical (unpaired) electrons. The Morgan fingerprint density at radius 2 is 2.12 bits per heavy atom. The van der Waals surface area contributed by atoms with Crippen LogP contribution in [-0.4, -0.2) is 5.91 Å². The first-order chi connectivity index (χ1) is 7.75. The Morgan fingerprint density at radius 1 is 1.25 bits per heavy atom. The van der Waals surface area contributed by atoms with E-state index in [0.717, 1.165) is 11.3 Å². The van der Waals surface area contributed by atoms with Crippen molar-refractivity contribution in [1.29, 1.82) is 0 Å². The van der Waals surface area contributed by atoms with Crippen LogP contribution in [0.3, 0.4) is 0 Å². The van der Waals surface area contributed by atoms with Crippen LogP contribution < -0.4 is 10.1 Å². The Bertz CT molecular complexity index is 574. The third-order valence-corrected chi connectivity index (χ3v) is 3.29. The molecule has 1 aromatic heterocycles. The Balaban J connectivity index is 2.20. The summed E-state index contributed by atoms with van der Waals surface area (Å²) in [6.45, 7) is 1.95. The molecule has 3 rings (SSSR count). The number of aryl methyl sites for hydroxylation is 1. The maximum atomic E-state index is 11.9. The monoisotopic (exact) mass is 231 g/mol. The molecular formula is C12H9NO2S. The number of rotatable bonds is 0. The zero-order valence-corrected chi connectivity index (χ0v) is 9.43. The van der Waals surface area contributed by atoms with E-state index in [9.17, 15) is 4.79 Å². The molecule has 1 aliphatic heterocycles. The van der Waals surface area contributed by atoms with Gasteiger partial charge in [0, 0.05) is 10.8 Å². The van der Waals surface area contributed by atoms with Crippen LogP contribution in [0.25, 0.3) is 0 Å². The molecule has 0 unspecified atom stereocenters. The van der Waals surface area contributed by atoms with Gasteiger partial charge >= 0.3 is 0 Å². The minimum absolute atomic E-state index is 0.107. The maximum Gasteiger partial charge on any atom is 0.260 e. The van der Waals surface area contributed by atoms with Crippen LogP contribution in [0, 0.1) is 6.92 Å². The van der Waals surface area contributed by atoms with Gasteiger partial charge in [0.1, 0.15) is 0 Å².